The highest BCUT2D eigenvalue weighted by Gasteiger charge is 2.26. The van der Waals surface area contributed by atoms with Crippen molar-refractivity contribution in [3.05, 3.63) is 23.8 Å². The summed E-state index contributed by atoms with van der Waals surface area (Å²) in [7, 11) is 0. The minimum Gasteiger partial charge on any atom is -0.353 e. The zero-order valence-electron chi connectivity index (χ0n) is 17.3. The van der Waals surface area contributed by atoms with Crippen LogP contribution < -0.4 is 0 Å². The predicted molar refractivity (Wildman–Crippen MR) is 108 cm³/mol. The van der Waals surface area contributed by atoms with Crippen molar-refractivity contribution in [2.75, 3.05) is 19.8 Å². The Morgan fingerprint density at radius 3 is 2.55 bits per heavy atom. The molecule has 162 valence electrons. The summed E-state index contributed by atoms with van der Waals surface area (Å²) in [6.45, 7) is 1.62. The zero-order chi connectivity index (χ0) is 20.3. The van der Waals surface area contributed by atoms with Crippen molar-refractivity contribution < 1.29 is 28.5 Å². The Morgan fingerprint density at radius 1 is 1.07 bits per heavy atom. The first-order chi connectivity index (χ1) is 14.2. The average Bonchev–Trinajstić information content (AvgIpc) is 3.09. The van der Waals surface area contributed by atoms with Crippen LogP contribution >= 0.6 is 0 Å². The van der Waals surface area contributed by atoms with Gasteiger partial charge in [-0.15, -0.1) is 0 Å². The fourth-order valence-corrected chi connectivity index (χ4v) is 3.80. The van der Waals surface area contributed by atoms with Crippen molar-refractivity contribution in [1.82, 2.24) is 0 Å². The second kappa shape index (κ2) is 12.4. The first-order valence-corrected chi connectivity index (χ1v) is 11.1. The van der Waals surface area contributed by atoms with E-state index in [4.69, 9.17) is 18.9 Å². The van der Waals surface area contributed by atoms with Gasteiger partial charge in [-0.3, -0.25) is 9.59 Å². The van der Waals surface area contributed by atoms with E-state index >= 15 is 0 Å². The molecule has 0 aromatic carbocycles. The molecule has 6 heteroatoms. The molecule has 0 saturated carbocycles. The topological polar surface area (TPSA) is 71.1 Å². The molecule has 0 aromatic rings. The van der Waals surface area contributed by atoms with Crippen molar-refractivity contribution in [2.45, 2.75) is 89.3 Å². The lowest BCUT2D eigenvalue weighted by Crippen LogP contribution is -2.26. The number of ketones is 2. The molecular weight excluding hydrogens is 372 g/mol. The van der Waals surface area contributed by atoms with Crippen LogP contribution in [0, 0.1) is 0 Å². The lowest BCUT2D eigenvalue weighted by atomic mass is 10.1. The van der Waals surface area contributed by atoms with Gasteiger partial charge in [0.05, 0.1) is 6.10 Å². The van der Waals surface area contributed by atoms with E-state index in [2.05, 4.69) is 0 Å². The van der Waals surface area contributed by atoms with E-state index in [1.54, 1.807) is 0 Å². The summed E-state index contributed by atoms with van der Waals surface area (Å²) >= 11 is 0. The third-order valence-electron chi connectivity index (χ3n) is 5.48. The predicted octanol–water partition coefficient (Wildman–Crippen LogP) is 4.03. The summed E-state index contributed by atoms with van der Waals surface area (Å²) in [6.07, 6.45) is 14.9. The van der Waals surface area contributed by atoms with E-state index in [-0.39, 0.29) is 36.9 Å². The number of rotatable bonds is 11. The van der Waals surface area contributed by atoms with Gasteiger partial charge in [0.2, 0.25) is 0 Å². The van der Waals surface area contributed by atoms with Crippen LogP contribution in [0.3, 0.4) is 0 Å². The van der Waals surface area contributed by atoms with Gasteiger partial charge in [-0.25, -0.2) is 0 Å². The third-order valence-corrected chi connectivity index (χ3v) is 5.48. The van der Waals surface area contributed by atoms with Crippen LogP contribution in [0.1, 0.15) is 70.6 Å². The molecule has 0 aromatic heterocycles. The van der Waals surface area contributed by atoms with Crippen molar-refractivity contribution >= 4 is 11.6 Å². The van der Waals surface area contributed by atoms with Gasteiger partial charge >= 0.3 is 0 Å². The van der Waals surface area contributed by atoms with Crippen LogP contribution in [0.2, 0.25) is 0 Å². The van der Waals surface area contributed by atoms with Gasteiger partial charge in [-0.1, -0.05) is 12.2 Å². The smallest absolute Gasteiger partial charge is 0.165 e. The summed E-state index contributed by atoms with van der Waals surface area (Å²) in [5.41, 5.74) is 0.725. The molecule has 0 spiro atoms. The molecule has 3 unspecified atom stereocenters. The Hall–Kier alpha value is -1.34. The molecule has 1 aliphatic carbocycles. The normalized spacial score (nSPS) is 28.1. The number of Topliss-reactive ketones (excluding diaryl/α,β-unsaturated/α-hetero) is 2. The van der Waals surface area contributed by atoms with Gasteiger partial charge in [-0.2, -0.15) is 0 Å². The second-order valence-corrected chi connectivity index (χ2v) is 8.01. The van der Waals surface area contributed by atoms with E-state index in [0.29, 0.717) is 12.8 Å². The summed E-state index contributed by atoms with van der Waals surface area (Å²) in [4.78, 5) is 24.0. The van der Waals surface area contributed by atoms with E-state index < -0.39 is 0 Å². The molecule has 0 N–H and O–H groups in total. The monoisotopic (exact) mass is 406 g/mol. The molecule has 6 nitrogen and oxygen atoms in total. The van der Waals surface area contributed by atoms with E-state index in [0.717, 1.165) is 76.6 Å². The van der Waals surface area contributed by atoms with Crippen molar-refractivity contribution in [1.29, 1.82) is 0 Å². The Morgan fingerprint density at radius 2 is 1.83 bits per heavy atom. The van der Waals surface area contributed by atoms with Crippen LogP contribution in [0.25, 0.3) is 0 Å². The maximum absolute atomic E-state index is 12.1. The molecule has 0 bridgehead atoms. The lowest BCUT2D eigenvalue weighted by molar-refractivity contribution is -0.178. The van der Waals surface area contributed by atoms with Crippen LogP contribution in [0.5, 0.6) is 0 Å². The van der Waals surface area contributed by atoms with E-state index in [9.17, 15) is 9.59 Å². The number of hydrogen-bond donors (Lipinski definition) is 0. The maximum atomic E-state index is 12.1. The first kappa shape index (κ1) is 22.3. The Labute approximate surface area is 173 Å². The zero-order valence-corrected chi connectivity index (χ0v) is 17.3. The summed E-state index contributed by atoms with van der Waals surface area (Å²) < 4.78 is 22.4. The fraction of sp³-hybridized carbons (Fsp3) is 0.739. The third kappa shape index (κ3) is 8.13. The molecule has 2 fully saturated rings. The number of hydrogen-bond acceptors (Lipinski definition) is 6. The molecule has 3 aliphatic rings. The van der Waals surface area contributed by atoms with Crippen LogP contribution in [-0.4, -0.2) is 50.1 Å². The highest BCUT2D eigenvalue weighted by Crippen LogP contribution is 2.23. The largest absolute Gasteiger partial charge is 0.353 e. The molecule has 2 saturated heterocycles. The van der Waals surface area contributed by atoms with Crippen LogP contribution in [-0.2, 0) is 28.5 Å². The molecule has 2 heterocycles. The highest BCUT2D eigenvalue weighted by atomic mass is 16.7. The molecule has 3 rings (SSSR count). The molecular formula is C23H34O6. The number of ether oxygens (including phenoxy) is 4. The number of carbonyl (C=O) groups excluding carboxylic acids is 2. The van der Waals surface area contributed by atoms with E-state index in [1.165, 1.54) is 0 Å². The summed E-state index contributed by atoms with van der Waals surface area (Å²) in [5, 5.41) is 0. The molecule has 0 amide bonds. The van der Waals surface area contributed by atoms with Gasteiger partial charge in [0, 0.05) is 31.6 Å². The first-order valence-electron chi connectivity index (χ1n) is 11.1. The molecule has 0 radical (unpaired) electrons. The minimum absolute atomic E-state index is 0.124. The molecule has 29 heavy (non-hydrogen) atoms. The Kier molecular flexibility index (Phi) is 9.54. The molecule has 3 atom stereocenters. The van der Waals surface area contributed by atoms with Gasteiger partial charge < -0.3 is 18.9 Å². The lowest BCUT2D eigenvalue weighted by Gasteiger charge is -2.24. The van der Waals surface area contributed by atoms with Gasteiger partial charge in [0.25, 0.3) is 0 Å². The van der Waals surface area contributed by atoms with E-state index in [1.807, 2.05) is 18.2 Å². The SMILES string of the molecule is O=C(CCCC/C=C\C1=CC(OC2CCCCO2)CC1=O)COC1CCCCO1. The number of carbonyl (C=O) groups is 2. The standard InChI is InChI=1S/C23H34O6/c24-19(17-28-22-11-5-7-13-26-22)10-4-2-1-3-9-18-15-20(16-21(18)25)29-23-12-6-8-14-27-23/h3,9,15,20,22-23H,1-2,4-8,10-14,16-17H2/b9-3-. The van der Waals surface area contributed by atoms with Gasteiger partial charge in [-0.05, 0) is 63.9 Å². The quantitative estimate of drug-likeness (QED) is 0.483. The van der Waals surface area contributed by atoms with Crippen molar-refractivity contribution in [3.8, 4) is 0 Å². The minimum atomic E-state index is -0.203. The number of allylic oxidation sites excluding steroid dienone is 3. The summed E-state index contributed by atoms with van der Waals surface area (Å²) in [5.74, 6) is 0.251. The van der Waals surface area contributed by atoms with Crippen molar-refractivity contribution in [2.24, 2.45) is 0 Å². The molecule has 2 aliphatic heterocycles. The summed E-state index contributed by atoms with van der Waals surface area (Å²) in [6, 6.07) is 0. The van der Waals surface area contributed by atoms with Crippen LogP contribution in [0.4, 0.5) is 0 Å². The van der Waals surface area contributed by atoms with Crippen molar-refractivity contribution in [3.63, 3.8) is 0 Å². The Bertz CT molecular complexity index is 584. The highest BCUT2D eigenvalue weighted by molar-refractivity contribution is 6.00. The van der Waals surface area contributed by atoms with Gasteiger partial charge in [0.1, 0.15) is 6.61 Å². The second-order valence-electron chi connectivity index (χ2n) is 8.01. The van der Waals surface area contributed by atoms with Gasteiger partial charge in [0.15, 0.2) is 24.1 Å². The number of unbranched alkanes of at least 4 members (excludes halogenated alkanes) is 2. The Balaban J connectivity index is 1.26. The van der Waals surface area contributed by atoms with Crippen LogP contribution in [0.15, 0.2) is 23.8 Å². The maximum Gasteiger partial charge on any atom is 0.165 e. The fourth-order valence-electron chi connectivity index (χ4n) is 3.80. The average molecular weight is 407 g/mol.